The lowest BCUT2D eigenvalue weighted by atomic mass is 10.2. The third-order valence-corrected chi connectivity index (χ3v) is 3.47. The summed E-state index contributed by atoms with van der Waals surface area (Å²) in [6.45, 7) is 1.39. The second-order valence-electron chi connectivity index (χ2n) is 4.98. The first-order valence-electron chi connectivity index (χ1n) is 6.98. The number of nitro benzene ring substituents is 1. The molecule has 130 valence electrons. The number of rotatable bonds is 6. The van der Waals surface area contributed by atoms with Crippen LogP contribution < -0.4 is 10.1 Å². The molecule has 0 heterocycles. The first kappa shape index (κ1) is 18.3. The van der Waals surface area contributed by atoms with Crippen molar-refractivity contribution in [1.29, 1.82) is 0 Å². The summed E-state index contributed by atoms with van der Waals surface area (Å²) in [7, 11) is 0. The number of ether oxygens (including phenoxy) is 1. The summed E-state index contributed by atoms with van der Waals surface area (Å²) in [5, 5.41) is 13.4. The Morgan fingerprint density at radius 2 is 2.08 bits per heavy atom. The zero-order chi connectivity index (χ0) is 18.6. The molecule has 0 unspecified atom stereocenters. The Kier molecular flexibility index (Phi) is 5.66. The van der Waals surface area contributed by atoms with E-state index in [0.717, 1.165) is 12.1 Å². The second kappa shape index (κ2) is 7.71. The number of carbonyl (C=O) groups excluding carboxylic acids is 2. The second-order valence-corrected chi connectivity index (χ2v) is 5.39. The van der Waals surface area contributed by atoms with Gasteiger partial charge in [0.15, 0.2) is 11.9 Å². The fourth-order valence-corrected chi connectivity index (χ4v) is 2.09. The van der Waals surface area contributed by atoms with E-state index in [1.54, 1.807) is 0 Å². The number of nitrogens with zero attached hydrogens (tertiary/aromatic N) is 1. The highest BCUT2D eigenvalue weighted by Gasteiger charge is 2.22. The minimum absolute atomic E-state index is 0.108. The van der Waals surface area contributed by atoms with Gasteiger partial charge in [0.1, 0.15) is 12.1 Å². The maximum absolute atomic E-state index is 13.1. The molecule has 7 nitrogen and oxygen atoms in total. The number of anilines is 1. The molecule has 0 radical (unpaired) electrons. The van der Waals surface area contributed by atoms with Gasteiger partial charge in [-0.1, -0.05) is 11.6 Å². The van der Waals surface area contributed by atoms with Crippen molar-refractivity contribution in [3.8, 4) is 5.75 Å². The monoisotopic (exact) mass is 366 g/mol. The lowest BCUT2D eigenvalue weighted by molar-refractivity contribution is -0.386. The predicted molar refractivity (Wildman–Crippen MR) is 88.6 cm³/mol. The quantitative estimate of drug-likeness (QED) is 0.478. The van der Waals surface area contributed by atoms with E-state index in [0.29, 0.717) is 6.29 Å². The molecule has 0 saturated heterocycles. The molecule has 0 saturated carbocycles. The summed E-state index contributed by atoms with van der Waals surface area (Å²) in [5.74, 6) is -1.40. The fourth-order valence-electron chi connectivity index (χ4n) is 1.91. The van der Waals surface area contributed by atoms with Crippen molar-refractivity contribution in [3.05, 3.63) is 62.9 Å². The van der Waals surface area contributed by atoms with Crippen molar-refractivity contribution in [3.63, 3.8) is 0 Å². The zero-order valence-corrected chi connectivity index (χ0v) is 13.6. The number of nitro groups is 1. The van der Waals surface area contributed by atoms with Crippen LogP contribution in [-0.4, -0.2) is 23.2 Å². The van der Waals surface area contributed by atoms with Crippen LogP contribution in [0.1, 0.15) is 17.3 Å². The molecule has 0 spiro atoms. The van der Waals surface area contributed by atoms with Crippen LogP contribution in [0, 0.1) is 15.9 Å². The van der Waals surface area contributed by atoms with Gasteiger partial charge in [-0.25, -0.2) is 4.39 Å². The lowest BCUT2D eigenvalue weighted by Crippen LogP contribution is -2.30. The molecule has 0 bridgehead atoms. The third kappa shape index (κ3) is 4.51. The Balaban J connectivity index is 2.14. The van der Waals surface area contributed by atoms with E-state index >= 15 is 0 Å². The molecule has 2 aromatic rings. The number of carbonyl (C=O) groups is 2. The van der Waals surface area contributed by atoms with Gasteiger partial charge in [0.05, 0.1) is 9.95 Å². The van der Waals surface area contributed by atoms with Gasteiger partial charge in [-0.15, -0.1) is 0 Å². The Hall–Kier alpha value is -3.00. The molecule has 0 fully saturated rings. The van der Waals surface area contributed by atoms with E-state index < -0.39 is 28.4 Å². The van der Waals surface area contributed by atoms with Crippen LogP contribution in [0.3, 0.4) is 0 Å². The van der Waals surface area contributed by atoms with E-state index in [4.69, 9.17) is 16.3 Å². The molecule has 1 atom stereocenters. The van der Waals surface area contributed by atoms with Gasteiger partial charge in [-0.2, -0.15) is 0 Å². The molecule has 0 aliphatic rings. The van der Waals surface area contributed by atoms with E-state index in [1.807, 2.05) is 0 Å². The highest BCUT2D eigenvalue weighted by atomic mass is 35.5. The largest absolute Gasteiger partial charge is 0.474 e. The molecule has 0 aromatic heterocycles. The van der Waals surface area contributed by atoms with Crippen molar-refractivity contribution < 1.29 is 23.6 Å². The molecule has 0 aliphatic carbocycles. The van der Waals surface area contributed by atoms with Crippen LogP contribution in [0.2, 0.25) is 5.02 Å². The van der Waals surface area contributed by atoms with E-state index in [-0.39, 0.29) is 22.0 Å². The highest BCUT2D eigenvalue weighted by molar-refractivity contribution is 6.31. The van der Waals surface area contributed by atoms with Gasteiger partial charge >= 0.3 is 5.69 Å². The summed E-state index contributed by atoms with van der Waals surface area (Å²) in [5.41, 5.74) is -0.0798. The van der Waals surface area contributed by atoms with Gasteiger partial charge in [-0.05, 0) is 37.3 Å². The van der Waals surface area contributed by atoms with Crippen molar-refractivity contribution in [2.75, 3.05) is 5.32 Å². The summed E-state index contributed by atoms with van der Waals surface area (Å²) < 4.78 is 18.4. The molecule has 0 aliphatic heterocycles. The highest BCUT2D eigenvalue weighted by Crippen LogP contribution is 2.28. The van der Waals surface area contributed by atoms with Crippen molar-refractivity contribution in [1.82, 2.24) is 0 Å². The zero-order valence-electron chi connectivity index (χ0n) is 12.9. The summed E-state index contributed by atoms with van der Waals surface area (Å²) in [4.78, 5) is 33.2. The average Bonchev–Trinajstić information content (AvgIpc) is 2.58. The minimum atomic E-state index is -1.09. The summed E-state index contributed by atoms with van der Waals surface area (Å²) in [6.07, 6.45) is -0.629. The number of aldehydes is 1. The maximum atomic E-state index is 13.1. The number of benzene rings is 2. The van der Waals surface area contributed by atoms with Gasteiger partial charge < -0.3 is 10.1 Å². The minimum Gasteiger partial charge on any atom is -0.474 e. The normalized spacial score (nSPS) is 11.5. The number of halogens is 2. The van der Waals surface area contributed by atoms with Crippen LogP contribution in [0.5, 0.6) is 5.75 Å². The SMILES string of the molecule is C[C@H](Oc1ccc(C=O)cc1[N+](=O)[O-])C(=O)Nc1ccc(F)c(Cl)c1. The molecule has 2 rings (SSSR count). The Bertz CT molecular complexity index is 843. The summed E-state index contributed by atoms with van der Waals surface area (Å²) in [6, 6.07) is 7.25. The first-order valence-corrected chi connectivity index (χ1v) is 7.36. The number of nitrogens with one attached hydrogen (secondary N) is 1. The van der Waals surface area contributed by atoms with Crippen LogP contribution in [-0.2, 0) is 4.79 Å². The summed E-state index contributed by atoms with van der Waals surface area (Å²) >= 11 is 5.63. The number of amides is 1. The Morgan fingerprint density at radius 3 is 2.68 bits per heavy atom. The van der Waals surface area contributed by atoms with Crippen LogP contribution in [0.4, 0.5) is 15.8 Å². The number of hydrogen-bond acceptors (Lipinski definition) is 5. The predicted octanol–water partition coefficient (Wildman–Crippen LogP) is 3.61. The van der Waals surface area contributed by atoms with Crippen LogP contribution >= 0.6 is 11.6 Å². The topological polar surface area (TPSA) is 98.5 Å². The smallest absolute Gasteiger partial charge is 0.311 e. The van der Waals surface area contributed by atoms with Gasteiger partial charge in [0.25, 0.3) is 5.91 Å². The van der Waals surface area contributed by atoms with Gasteiger partial charge in [-0.3, -0.25) is 19.7 Å². The molecular formula is C16H12ClFN2O5. The third-order valence-electron chi connectivity index (χ3n) is 3.18. The van der Waals surface area contributed by atoms with Crippen LogP contribution in [0.25, 0.3) is 0 Å². The molecular weight excluding hydrogens is 355 g/mol. The molecule has 9 heteroatoms. The lowest BCUT2D eigenvalue weighted by Gasteiger charge is -2.15. The fraction of sp³-hybridized carbons (Fsp3) is 0.125. The van der Waals surface area contributed by atoms with Crippen molar-refractivity contribution in [2.45, 2.75) is 13.0 Å². The number of hydrogen-bond donors (Lipinski definition) is 1. The van der Waals surface area contributed by atoms with Crippen molar-refractivity contribution in [2.24, 2.45) is 0 Å². The first-order chi connectivity index (χ1) is 11.8. The van der Waals surface area contributed by atoms with E-state index in [2.05, 4.69) is 5.32 Å². The van der Waals surface area contributed by atoms with Gasteiger partial charge in [0.2, 0.25) is 0 Å². The molecule has 2 aromatic carbocycles. The van der Waals surface area contributed by atoms with E-state index in [1.165, 1.54) is 31.2 Å². The maximum Gasteiger partial charge on any atom is 0.311 e. The van der Waals surface area contributed by atoms with Gasteiger partial charge in [0, 0.05) is 17.3 Å². The standard InChI is InChI=1S/C16H12ClFN2O5/c1-9(16(22)19-11-3-4-13(18)12(17)7-11)25-15-5-2-10(8-21)6-14(15)20(23)24/h2-9H,1H3,(H,19,22)/t9-/m0/s1. The van der Waals surface area contributed by atoms with E-state index in [9.17, 15) is 24.1 Å². The Morgan fingerprint density at radius 1 is 1.36 bits per heavy atom. The van der Waals surface area contributed by atoms with Crippen molar-refractivity contribution >= 4 is 35.2 Å². The average molecular weight is 367 g/mol. The molecule has 1 amide bonds. The molecule has 1 N–H and O–H groups in total. The van der Waals surface area contributed by atoms with Crippen LogP contribution in [0.15, 0.2) is 36.4 Å². The Labute approximate surface area is 146 Å². The molecule has 25 heavy (non-hydrogen) atoms.